The van der Waals surface area contributed by atoms with Gasteiger partial charge in [0.25, 0.3) is 10.0 Å². The molecule has 0 saturated carbocycles. The quantitative estimate of drug-likeness (QED) is 0.711. The first kappa shape index (κ1) is 14.0. The molecule has 3 N–H and O–H groups in total. The number of nitrogens with zero attached hydrogens (tertiary/aromatic N) is 2. The van der Waals surface area contributed by atoms with Gasteiger partial charge in [0.05, 0.1) is 11.0 Å². The summed E-state index contributed by atoms with van der Waals surface area (Å²) in [5.74, 6) is -1.18. The van der Waals surface area contributed by atoms with E-state index in [0.717, 1.165) is 4.31 Å². The normalized spacial score (nSPS) is 20.7. The van der Waals surface area contributed by atoms with E-state index in [-0.39, 0.29) is 18.2 Å². The van der Waals surface area contributed by atoms with Crippen LogP contribution in [0.4, 0.5) is 0 Å². The smallest absolute Gasteiger partial charge is 0.323 e. The Morgan fingerprint density at radius 1 is 1.38 bits per heavy atom. The van der Waals surface area contributed by atoms with Crippen LogP contribution >= 0.6 is 0 Å². The van der Waals surface area contributed by atoms with Crippen LogP contribution in [-0.2, 0) is 14.8 Å². The molecular weight excluding hydrogens is 296 g/mol. The number of para-hydroxylation sites is 2. The van der Waals surface area contributed by atoms with Crippen LogP contribution in [0.15, 0.2) is 29.4 Å². The van der Waals surface area contributed by atoms with Gasteiger partial charge in [0, 0.05) is 19.6 Å². The van der Waals surface area contributed by atoms with E-state index in [4.69, 9.17) is 0 Å². The third-order valence-corrected chi connectivity index (χ3v) is 5.14. The number of aromatic nitrogens is 2. The van der Waals surface area contributed by atoms with Gasteiger partial charge in [0.15, 0.2) is 0 Å². The number of aromatic amines is 1. The van der Waals surface area contributed by atoms with Crippen molar-refractivity contribution in [2.45, 2.75) is 11.2 Å². The minimum atomic E-state index is -3.97. The number of H-pyrrole nitrogens is 1. The summed E-state index contributed by atoms with van der Waals surface area (Å²) in [5.41, 5.74) is 1.12. The van der Waals surface area contributed by atoms with E-state index in [1.165, 1.54) is 0 Å². The molecule has 0 amide bonds. The first-order valence-corrected chi connectivity index (χ1v) is 7.84. The third-order valence-electron chi connectivity index (χ3n) is 3.40. The van der Waals surface area contributed by atoms with Crippen LogP contribution < -0.4 is 5.32 Å². The lowest BCUT2D eigenvalue weighted by atomic mass is 10.2. The number of carboxylic acids is 1. The van der Waals surface area contributed by atoms with Crippen LogP contribution in [0.5, 0.6) is 0 Å². The second-order valence-electron chi connectivity index (χ2n) is 4.73. The third kappa shape index (κ3) is 2.39. The lowest BCUT2D eigenvalue weighted by molar-refractivity contribution is -0.141. The Kier molecular flexibility index (Phi) is 3.40. The fourth-order valence-electron chi connectivity index (χ4n) is 2.35. The van der Waals surface area contributed by atoms with Crippen molar-refractivity contribution in [2.24, 2.45) is 0 Å². The van der Waals surface area contributed by atoms with Gasteiger partial charge in [-0.25, -0.2) is 13.4 Å². The summed E-state index contributed by atoms with van der Waals surface area (Å²) >= 11 is 0. The average Bonchev–Trinajstić information content (AvgIpc) is 2.92. The lowest BCUT2D eigenvalue weighted by Gasteiger charge is -2.31. The molecular formula is C12H14N4O4S. The van der Waals surface area contributed by atoms with E-state index in [1.807, 2.05) is 0 Å². The summed E-state index contributed by atoms with van der Waals surface area (Å²) in [7, 11) is -3.97. The second-order valence-corrected chi connectivity index (χ2v) is 6.54. The number of carboxylic acid groups (broad SMARTS) is 1. The van der Waals surface area contributed by atoms with E-state index in [1.54, 1.807) is 24.3 Å². The van der Waals surface area contributed by atoms with Crippen molar-refractivity contribution in [1.29, 1.82) is 0 Å². The molecule has 0 bridgehead atoms. The number of hydrogen-bond acceptors (Lipinski definition) is 5. The number of imidazole rings is 1. The van der Waals surface area contributed by atoms with E-state index in [2.05, 4.69) is 15.3 Å². The molecule has 8 nitrogen and oxygen atoms in total. The number of aliphatic carboxylic acids is 1. The van der Waals surface area contributed by atoms with E-state index < -0.39 is 22.0 Å². The highest BCUT2D eigenvalue weighted by atomic mass is 32.2. The van der Waals surface area contributed by atoms with E-state index in [0.29, 0.717) is 17.6 Å². The number of carbonyl (C=O) groups is 1. The zero-order valence-corrected chi connectivity index (χ0v) is 11.8. The van der Waals surface area contributed by atoms with Gasteiger partial charge in [0.1, 0.15) is 6.04 Å². The minimum absolute atomic E-state index is 0.0782. The Balaban J connectivity index is 2.04. The van der Waals surface area contributed by atoms with Gasteiger partial charge in [0.2, 0.25) is 5.16 Å². The van der Waals surface area contributed by atoms with Crippen LogP contribution in [0.1, 0.15) is 0 Å². The standard InChI is InChI=1S/C12H14N4O4S/c17-11(18)10-7-13-5-6-16(10)21(19,20)12-14-8-3-1-2-4-9(8)15-12/h1-4,10,13H,5-7H2,(H,14,15)(H,17,18)/t10-/m0/s1. The molecule has 1 saturated heterocycles. The second kappa shape index (κ2) is 5.10. The van der Waals surface area contributed by atoms with E-state index in [9.17, 15) is 18.3 Å². The molecule has 21 heavy (non-hydrogen) atoms. The monoisotopic (exact) mass is 310 g/mol. The van der Waals surface area contributed by atoms with Crippen LogP contribution in [-0.4, -0.2) is 59.4 Å². The summed E-state index contributed by atoms with van der Waals surface area (Å²) in [6.45, 7) is 0.578. The first-order valence-electron chi connectivity index (χ1n) is 6.40. The van der Waals surface area contributed by atoms with Gasteiger partial charge in [-0.05, 0) is 12.1 Å². The summed E-state index contributed by atoms with van der Waals surface area (Å²) in [4.78, 5) is 18.0. The number of piperazine rings is 1. The summed E-state index contributed by atoms with van der Waals surface area (Å²) in [6.07, 6.45) is 0. The highest BCUT2D eigenvalue weighted by molar-refractivity contribution is 7.89. The van der Waals surface area contributed by atoms with Crippen molar-refractivity contribution in [1.82, 2.24) is 19.6 Å². The number of rotatable bonds is 3. The number of benzene rings is 1. The summed E-state index contributed by atoms with van der Waals surface area (Å²) in [6, 6.07) is 5.80. The highest BCUT2D eigenvalue weighted by Crippen LogP contribution is 2.20. The molecule has 0 spiro atoms. The van der Waals surface area contributed by atoms with Gasteiger partial charge in [-0.15, -0.1) is 0 Å². The molecule has 2 heterocycles. The van der Waals surface area contributed by atoms with Crippen molar-refractivity contribution in [3.63, 3.8) is 0 Å². The molecule has 0 unspecified atom stereocenters. The number of nitrogens with one attached hydrogen (secondary N) is 2. The topological polar surface area (TPSA) is 115 Å². The Hall–Kier alpha value is -1.97. The molecule has 1 aromatic carbocycles. The zero-order chi connectivity index (χ0) is 15.0. The number of fused-ring (bicyclic) bond motifs is 1. The first-order chi connectivity index (χ1) is 10.00. The van der Waals surface area contributed by atoms with Crippen LogP contribution in [0.2, 0.25) is 0 Å². The van der Waals surface area contributed by atoms with Crippen LogP contribution in [0.25, 0.3) is 11.0 Å². The molecule has 1 aliphatic rings. The van der Waals surface area contributed by atoms with Crippen molar-refractivity contribution in [2.75, 3.05) is 19.6 Å². The maximum absolute atomic E-state index is 12.6. The number of hydrogen-bond donors (Lipinski definition) is 3. The SMILES string of the molecule is O=C(O)[C@@H]1CNCCN1S(=O)(=O)c1nc2ccccc2[nH]1. The predicted octanol–water partition coefficient (Wildman–Crippen LogP) is -0.390. The Bertz CT molecular complexity index is 752. The van der Waals surface area contributed by atoms with Gasteiger partial charge >= 0.3 is 5.97 Å². The molecule has 0 radical (unpaired) electrons. The molecule has 1 fully saturated rings. The Morgan fingerprint density at radius 3 is 2.86 bits per heavy atom. The maximum Gasteiger partial charge on any atom is 0.323 e. The van der Waals surface area contributed by atoms with Crippen LogP contribution in [0.3, 0.4) is 0 Å². The molecule has 9 heteroatoms. The van der Waals surface area contributed by atoms with Crippen molar-refractivity contribution >= 4 is 27.0 Å². The Labute approximate surface area is 120 Å². The molecule has 112 valence electrons. The fourth-order valence-corrected chi connectivity index (χ4v) is 3.85. The van der Waals surface area contributed by atoms with Crippen molar-refractivity contribution < 1.29 is 18.3 Å². The van der Waals surface area contributed by atoms with Gasteiger partial charge in [-0.1, -0.05) is 12.1 Å². The fraction of sp³-hybridized carbons (Fsp3) is 0.333. The lowest BCUT2D eigenvalue weighted by Crippen LogP contribution is -2.56. The van der Waals surface area contributed by atoms with Crippen molar-refractivity contribution in [3.05, 3.63) is 24.3 Å². The maximum atomic E-state index is 12.6. The van der Waals surface area contributed by atoms with Gasteiger partial charge < -0.3 is 15.4 Å². The van der Waals surface area contributed by atoms with Gasteiger partial charge in [-0.2, -0.15) is 4.31 Å². The molecule has 0 aliphatic carbocycles. The van der Waals surface area contributed by atoms with E-state index >= 15 is 0 Å². The predicted molar refractivity (Wildman–Crippen MR) is 74.3 cm³/mol. The number of sulfonamides is 1. The summed E-state index contributed by atoms with van der Waals surface area (Å²) < 4.78 is 26.2. The molecule has 1 atom stereocenters. The van der Waals surface area contributed by atoms with Crippen LogP contribution in [0, 0.1) is 0 Å². The zero-order valence-electron chi connectivity index (χ0n) is 11.0. The van der Waals surface area contributed by atoms with Crippen molar-refractivity contribution in [3.8, 4) is 0 Å². The molecule has 3 rings (SSSR count). The minimum Gasteiger partial charge on any atom is -0.480 e. The molecule has 1 aromatic heterocycles. The Morgan fingerprint density at radius 2 is 2.14 bits per heavy atom. The largest absolute Gasteiger partial charge is 0.480 e. The molecule has 2 aromatic rings. The van der Waals surface area contributed by atoms with Gasteiger partial charge in [-0.3, -0.25) is 4.79 Å². The molecule has 1 aliphatic heterocycles. The summed E-state index contributed by atoms with van der Waals surface area (Å²) in [5, 5.41) is 11.8. The highest BCUT2D eigenvalue weighted by Gasteiger charge is 2.39. The average molecular weight is 310 g/mol.